The zero-order valence-electron chi connectivity index (χ0n) is 10.9. The van der Waals surface area contributed by atoms with Gasteiger partial charge in [-0.05, 0) is 6.92 Å². The Morgan fingerprint density at radius 2 is 1.68 bits per heavy atom. The molecule has 2 saturated carbocycles. The zero-order chi connectivity index (χ0) is 14.7. The van der Waals surface area contributed by atoms with E-state index in [1.807, 2.05) is 0 Å². The van der Waals surface area contributed by atoms with Crippen molar-refractivity contribution in [1.29, 1.82) is 0 Å². The van der Waals surface area contributed by atoms with Crippen LogP contribution in [0.15, 0.2) is 0 Å². The lowest BCUT2D eigenvalue weighted by atomic mass is 9.44. The number of hydrogen-bond acceptors (Lipinski definition) is 7. The highest BCUT2D eigenvalue weighted by Gasteiger charge is 3.05. The Morgan fingerprint density at radius 3 is 2.11 bits per heavy atom. The van der Waals surface area contributed by atoms with Gasteiger partial charge in [-0.25, -0.2) is 0 Å². The smallest absolute Gasteiger partial charge is 0.207 e. The third-order valence-electron chi connectivity index (χ3n) is 6.00. The minimum absolute atomic E-state index is 0.293. The first-order valence-corrected chi connectivity index (χ1v) is 6.11. The van der Waals surface area contributed by atoms with Gasteiger partial charge >= 0.3 is 0 Å². The van der Waals surface area contributed by atoms with Gasteiger partial charge in [0, 0.05) is 0 Å². The molecule has 6 atom stereocenters. The summed E-state index contributed by atoms with van der Waals surface area (Å²) in [4.78, 5) is 11.4. The van der Waals surface area contributed by atoms with E-state index in [0.29, 0.717) is 6.29 Å². The van der Waals surface area contributed by atoms with Crippen molar-refractivity contribution >= 4 is 6.29 Å². The highest BCUT2D eigenvalue weighted by Crippen LogP contribution is 2.83. The van der Waals surface area contributed by atoms with Crippen LogP contribution in [0, 0.1) is 10.8 Å². The van der Waals surface area contributed by atoms with Crippen molar-refractivity contribution < 1.29 is 35.1 Å². The van der Waals surface area contributed by atoms with Gasteiger partial charge in [-0.1, -0.05) is 13.8 Å². The molecule has 0 aromatic carbocycles. The summed E-state index contributed by atoms with van der Waals surface area (Å²) in [7, 11) is 0. The lowest BCUT2D eigenvalue weighted by Gasteiger charge is -2.65. The second-order valence-electron chi connectivity index (χ2n) is 6.65. The van der Waals surface area contributed by atoms with Crippen molar-refractivity contribution in [2.24, 2.45) is 10.8 Å². The van der Waals surface area contributed by atoms with E-state index >= 15 is 0 Å². The molecule has 7 nitrogen and oxygen atoms in total. The Balaban J connectivity index is 2.20. The molecule has 1 heterocycles. The van der Waals surface area contributed by atoms with Crippen molar-refractivity contribution in [3.63, 3.8) is 0 Å². The predicted octanol–water partition coefficient (Wildman–Crippen LogP) is -2.48. The summed E-state index contributed by atoms with van der Waals surface area (Å²) in [6, 6.07) is 0. The van der Waals surface area contributed by atoms with E-state index in [1.165, 1.54) is 20.8 Å². The van der Waals surface area contributed by atoms with Crippen LogP contribution in [0.5, 0.6) is 0 Å². The minimum Gasteiger partial charge on any atom is -0.393 e. The topological polar surface area (TPSA) is 127 Å². The van der Waals surface area contributed by atoms with Crippen LogP contribution in [0.25, 0.3) is 0 Å². The monoisotopic (exact) mass is 274 g/mol. The molecule has 2 aliphatic carbocycles. The van der Waals surface area contributed by atoms with Crippen LogP contribution < -0.4 is 0 Å². The molecule has 0 spiro atoms. The fraction of sp³-hybridized carbons (Fsp3) is 0.917. The SMILES string of the molecule is CC1(C)[C@@]2(O)[C@]1(O)O[C@@H]1[C@](O)(CO)C(C)(C=O)[C@@]12O. The highest BCUT2D eigenvalue weighted by molar-refractivity contribution is 5.72. The summed E-state index contributed by atoms with van der Waals surface area (Å²) in [6.45, 7) is 3.38. The van der Waals surface area contributed by atoms with Gasteiger partial charge in [0.05, 0.1) is 17.4 Å². The summed E-state index contributed by atoms with van der Waals surface area (Å²) >= 11 is 0. The molecule has 0 amide bonds. The first-order chi connectivity index (χ1) is 8.46. The summed E-state index contributed by atoms with van der Waals surface area (Å²) in [5.74, 6) is -2.05. The van der Waals surface area contributed by atoms with Crippen molar-refractivity contribution in [2.75, 3.05) is 6.61 Å². The van der Waals surface area contributed by atoms with Gasteiger partial charge in [0.1, 0.15) is 23.6 Å². The number of ether oxygens (including phenoxy) is 1. The molecule has 3 rings (SSSR count). The van der Waals surface area contributed by atoms with E-state index in [0.717, 1.165) is 0 Å². The summed E-state index contributed by atoms with van der Waals surface area (Å²) in [6.07, 6.45) is -1.13. The van der Waals surface area contributed by atoms with Crippen LogP contribution in [-0.4, -0.2) is 67.1 Å². The van der Waals surface area contributed by atoms with Gasteiger partial charge in [0.2, 0.25) is 5.79 Å². The van der Waals surface area contributed by atoms with E-state index in [1.54, 1.807) is 0 Å². The van der Waals surface area contributed by atoms with Crippen molar-refractivity contribution in [1.82, 2.24) is 0 Å². The van der Waals surface area contributed by atoms with Gasteiger partial charge in [0.25, 0.3) is 0 Å². The van der Waals surface area contributed by atoms with Gasteiger partial charge in [-0.2, -0.15) is 0 Å². The standard InChI is InChI=1S/C12H18O7/c1-7(2)11(17)10(16)6(19-12(7,11)18)9(15,5-14)8(10,3)4-13/h4,6,14-18H,5H2,1-3H3/t6-,8?,9-,10+,11+,12-/m1/s1. The molecular weight excluding hydrogens is 256 g/mol. The van der Waals surface area contributed by atoms with E-state index in [-0.39, 0.29) is 0 Å². The molecule has 0 bridgehead atoms. The van der Waals surface area contributed by atoms with Crippen LogP contribution in [-0.2, 0) is 9.53 Å². The molecule has 7 heteroatoms. The number of rotatable bonds is 2. The lowest BCUT2D eigenvalue weighted by Crippen LogP contribution is -2.88. The number of hydrogen-bond donors (Lipinski definition) is 5. The van der Waals surface area contributed by atoms with Crippen LogP contribution in [0.3, 0.4) is 0 Å². The Labute approximate surface area is 109 Å². The van der Waals surface area contributed by atoms with Crippen molar-refractivity contribution in [2.45, 2.75) is 49.5 Å². The van der Waals surface area contributed by atoms with E-state index in [2.05, 4.69) is 0 Å². The summed E-state index contributed by atoms with van der Waals surface area (Å²) < 4.78 is 5.23. The fourth-order valence-electron chi connectivity index (χ4n) is 4.26. The summed E-state index contributed by atoms with van der Waals surface area (Å²) in [5.41, 5.74) is -9.30. The molecule has 0 aromatic rings. The maximum absolute atomic E-state index is 11.4. The number of aldehydes is 1. The first kappa shape index (κ1) is 13.4. The van der Waals surface area contributed by atoms with Crippen LogP contribution in [0.4, 0.5) is 0 Å². The normalized spacial score (nSPS) is 64.9. The average molecular weight is 274 g/mol. The zero-order valence-corrected chi connectivity index (χ0v) is 10.9. The predicted molar refractivity (Wildman–Crippen MR) is 59.7 cm³/mol. The van der Waals surface area contributed by atoms with Crippen LogP contribution in [0.1, 0.15) is 20.8 Å². The highest BCUT2D eigenvalue weighted by atomic mass is 16.7. The van der Waals surface area contributed by atoms with Gasteiger partial charge in [0.15, 0.2) is 5.60 Å². The number of aliphatic hydroxyl groups is 5. The number of aliphatic hydroxyl groups excluding tert-OH is 1. The van der Waals surface area contributed by atoms with Gasteiger partial charge < -0.3 is 35.1 Å². The average Bonchev–Trinajstić information content (AvgIpc) is 2.61. The molecule has 108 valence electrons. The second kappa shape index (κ2) is 2.74. The second-order valence-corrected chi connectivity index (χ2v) is 6.65. The fourth-order valence-corrected chi connectivity index (χ4v) is 4.26. The largest absolute Gasteiger partial charge is 0.393 e. The Bertz CT molecular complexity index is 492. The molecule has 5 N–H and O–H groups in total. The lowest BCUT2D eigenvalue weighted by molar-refractivity contribution is -0.374. The molecule has 1 saturated heterocycles. The maximum Gasteiger partial charge on any atom is 0.207 e. The molecule has 0 radical (unpaired) electrons. The number of carbonyl (C=O) groups is 1. The van der Waals surface area contributed by atoms with E-state index < -0.39 is 46.1 Å². The molecule has 3 aliphatic rings. The maximum atomic E-state index is 11.4. The molecule has 3 fully saturated rings. The van der Waals surface area contributed by atoms with Crippen LogP contribution in [0.2, 0.25) is 0 Å². The van der Waals surface area contributed by atoms with E-state index in [4.69, 9.17) is 4.74 Å². The van der Waals surface area contributed by atoms with Crippen molar-refractivity contribution in [3.8, 4) is 0 Å². The van der Waals surface area contributed by atoms with Gasteiger partial charge in [-0.15, -0.1) is 0 Å². The molecular formula is C12H18O7. The van der Waals surface area contributed by atoms with Crippen molar-refractivity contribution in [3.05, 3.63) is 0 Å². The Kier molecular flexibility index (Phi) is 1.94. The number of fused-ring (bicyclic) bond motifs is 3. The number of carbonyl (C=O) groups excluding carboxylic acids is 1. The molecule has 1 aliphatic heterocycles. The van der Waals surface area contributed by atoms with Gasteiger partial charge in [-0.3, -0.25) is 0 Å². The summed E-state index contributed by atoms with van der Waals surface area (Å²) in [5, 5.41) is 51.3. The first-order valence-electron chi connectivity index (χ1n) is 6.11. The van der Waals surface area contributed by atoms with Crippen LogP contribution >= 0.6 is 0 Å². The quantitative estimate of drug-likeness (QED) is 0.353. The van der Waals surface area contributed by atoms with E-state index in [9.17, 15) is 30.3 Å². The minimum atomic E-state index is -2.16. The third kappa shape index (κ3) is 0.749. The molecule has 1 unspecified atom stereocenters. The molecule has 0 aromatic heterocycles. The third-order valence-corrected chi connectivity index (χ3v) is 6.00. The Morgan fingerprint density at radius 1 is 1.16 bits per heavy atom. The molecule has 19 heavy (non-hydrogen) atoms. The Hall–Kier alpha value is -0.570.